The molecule has 1 saturated heterocycles. The zero-order valence-corrected chi connectivity index (χ0v) is 14.3. The quantitative estimate of drug-likeness (QED) is 0.645. The summed E-state index contributed by atoms with van der Waals surface area (Å²) >= 11 is 0. The van der Waals surface area contributed by atoms with Gasteiger partial charge in [0.2, 0.25) is 0 Å². The Balaban J connectivity index is 1.82. The van der Waals surface area contributed by atoms with E-state index in [1.165, 1.54) is 30.8 Å². The van der Waals surface area contributed by atoms with E-state index in [1.807, 2.05) is 43.3 Å². The molecule has 1 atom stereocenters. The predicted octanol–water partition coefficient (Wildman–Crippen LogP) is -1.12. The summed E-state index contributed by atoms with van der Waals surface area (Å²) in [7, 11) is 8.40. The highest BCUT2D eigenvalue weighted by Crippen LogP contribution is 2.15. The summed E-state index contributed by atoms with van der Waals surface area (Å²) in [5.41, 5.74) is 2.01. The maximum atomic E-state index is 12.2. The van der Waals surface area contributed by atoms with Gasteiger partial charge in [0.1, 0.15) is 0 Å². The lowest BCUT2D eigenvalue weighted by molar-refractivity contribution is -0.935. The van der Waals surface area contributed by atoms with Crippen LogP contribution in [0.15, 0.2) is 24.3 Å². The first-order chi connectivity index (χ1) is 10.5. The highest BCUT2D eigenvalue weighted by atomic mass is 16.2. The SMILES string of the molecule is CN(C)c1ccc(NC(=O)C[NH+](C)C2CC[NH+](C)CC2)cc1. The number of hydrogen-bond donors (Lipinski definition) is 3. The molecule has 0 spiro atoms. The van der Waals surface area contributed by atoms with Crippen LogP contribution in [0.25, 0.3) is 0 Å². The Morgan fingerprint density at radius 3 is 2.41 bits per heavy atom. The summed E-state index contributed by atoms with van der Waals surface area (Å²) in [6, 6.07) is 8.58. The van der Waals surface area contributed by atoms with Gasteiger partial charge in [-0.2, -0.15) is 0 Å². The topological polar surface area (TPSA) is 41.2 Å². The van der Waals surface area contributed by atoms with Gasteiger partial charge < -0.3 is 20.0 Å². The van der Waals surface area contributed by atoms with Crippen LogP contribution in [0.3, 0.4) is 0 Å². The van der Waals surface area contributed by atoms with Crippen molar-refractivity contribution in [2.45, 2.75) is 18.9 Å². The Bertz CT molecular complexity index is 478. The van der Waals surface area contributed by atoms with E-state index in [2.05, 4.69) is 19.4 Å². The Labute approximate surface area is 133 Å². The van der Waals surface area contributed by atoms with Crippen LogP contribution >= 0.6 is 0 Å². The molecule has 3 N–H and O–H groups in total. The molecule has 1 aromatic rings. The van der Waals surface area contributed by atoms with Crippen LogP contribution in [0.2, 0.25) is 0 Å². The van der Waals surface area contributed by atoms with E-state index in [9.17, 15) is 4.79 Å². The predicted molar refractivity (Wildman–Crippen MR) is 90.8 cm³/mol. The Morgan fingerprint density at radius 1 is 1.27 bits per heavy atom. The third kappa shape index (κ3) is 4.71. The summed E-state index contributed by atoms with van der Waals surface area (Å²) in [5.74, 6) is 0.0985. The van der Waals surface area contributed by atoms with Crippen LogP contribution in [0.1, 0.15) is 12.8 Å². The molecule has 5 nitrogen and oxygen atoms in total. The van der Waals surface area contributed by atoms with Crippen molar-refractivity contribution in [1.29, 1.82) is 0 Å². The van der Waals surface area contributed by atoms with Crippen molar-refractivity contribution in [3.8, 4) is 0 Å². The van der Waals surface area contributed by atoms with Crippen molar-refractivity contribution in [1.82, 2.24) is 0 Å². The van der Waals surface area contributed by atoms with Crippen LogP contribution in [0.4, 0.5) is 11.4 Å². The molecular formula is C17H30N4O+2. The molecule has 1 unspecified atom stereocenters. The van der Waals surface area contributed by atoms with Crippen LogP contribution < -0.4 is 20.0 Å². The number of nitrogens with zero attached hydrogens (tertiary/aromatic N) is 1. The van der Waals surface area contributed by atoms with Gasteiger partial charge in [-0.1, -0.05) is 0 Å². The van der Waals surface area contributed by atoms with Crippen LogP contribution in [0.5, 0.6) is 0 Å². The molecule has 0 saturated carbocycles. The lowest BCUT2D eigenvalue weighted by Crippen LogP contribution is -3.18. The molecule has 0 aromatic heterocycles. The lowest BCUT2D eigenvalue weighted by Gasteiger charge is -2.30. The van der Waals surface area contributed by atoms with Crippen LogP contribution in [-0.2, 0) is 4.79 Å². The number of piperidine rings is 1. The number of amides is 1. The minimum absolute atomic E-state index is 0.0985. The van der Waals surface area contributed by atoms with Gasteiger partial charge in [0.25, 0.3) is 5.91 Å². The average Bonchev–Trinajstić information content (AvgIpc) is 2.48. The molecule has 0 aliphatic carbocycles. The van der Waals surface area contributed by atoms with Gasteiger partial charge in [0.05, 0.1) is 33.2 Å². The minimum atomic E-state index is 0.0985. The summed E-state index contributed by atoms with van der Waals surface area (Å²) in [4.78, 5) is 17.2. The second-order valence-electron chi connectivity index (χ2n) is 6.74. The van der Waals surface area contributed by atoms with Gasteiger partial charge in [-0.15, -0.1) is 0 Å². The van der Waals surface area contributed by atoms with Gasteiger partial charge in [0.15, 0.2) is 6.54 Å². The number of likely N-dealkylation sites (tertiary alicyclic amines) is 1. The molecule has 122 valence electrons. The largest absolute Gasteiger partial charge is 0.378 e. The smallest absolute Gasteiger partial charge is 0.279 e. The molecule has 1 heterocycles. The molecular weight excluding hydrogens is 276 g/mol. The number of carbonyl (C=O) groups excluding carboxylic acids is 1. The van der Waals surface area contributed by atoms with E-state index in [-0.39, 0.29) is 5.91 Å². The molecule has 1 fully saturated rings. The van der Waals surface area contributed by atoms with Crippen molar-refractivity contribution in [3.05, 3.63) is 24.3 Å². The number of benzene rings is 1. The van der Waals surface area contributed by atoms with E-state index in [4.69, 9.17) is 0 Å². The Hall–Kier alpha value is -1.59. The molecule has 2 rings (SSSR count). The first-order valence-corrected chi connectivity index (χ1v) is 8.16. The first-order valence-electron chi connectivity index (χ1n) is 8.16. The number of likely N-dealkylation sites (N-methyl/N-ethyl adjacent to an activating group) is 1. The highest BCUT2D eigenvalue weighted by molar-refractivity contribution is 5.91. The minimum Gasteiger partial charge on any atom is -0.378 e. The van der Waals surface area contributed by atoms with E-state index in [0.717, 1.165) is 11.4 Å². The van der Waals surface area contributed by atoms with Crippen molar-refractivity contribution in [2.75, 3.05) is 58.0 Å². The van der Waals surface area contributed by atoms with Gasteiger partial charge in [0, 0.05) is 38.3 Å². The zero-order valence-electron chi connectivity index (χ0n) is 14.3. The highest BCUT2D eigenvalue weighted by Gasteiger charge is 2.27. The van der Waals surface area contributed by atoms with Crippen molar-refractivity contribution in [2.24, 2.45) is 0 Å². The molecule has 1 amide bonds. The number of hydrogen-bond acceptors (Lipinski definition) is 2. The van der Waals surface area contributed by atoms with E-state index in [1.54, 1.807) is 4.90 Å². The van der Waals surface area contributed by atoms with Crippen molar-refractivity contribution >= 4 is 17.3 Å². The second-order valence-corrected chi connectivity index (χ2v) is 6.74. The molecule has 22 heavy (non-hydrogen) atoms. The maximum absolute atomic E-state index is 12.2. The van der Waals surface area contributed by atoms with Crippen molar-refractivity contribution < 1.29 is 14.6 Å². The average molecular weight is 306 g/mol. The van der Waals surface area contributed by atoms with Crippen molar-refractivity contribution in [3.63, 3.8) is 0 Å². The van der Waals surface area contributed by atoms with E-state index >= 15 is 0 Å². The van der Waals surface area contributed by atoms with Gasteiger partial charge in [-0.3, -0.25) is 4.79 Å². The van der Waals surface area contributed by atoms with E-state index in [0.29, 0.717) is 12.6 Å². The molecule has 1 aromatic carbocycles. The molecule has 0 radical (unpaired) electrons. The standard InChI is InChI=1S/C17H28N4O/c1-19(2)15-7-5-14(6-8-15)18-17(22)13-21(4)16-9-11-20(3)12-10-16/h5-8,16H,9-13H2,1-4H3,(H,18,22)/p+2. The second kappa shape index (κ2) is 7.61. The van der Waals surface area contributed by atoms with Gasteiger partial charge in [-0.25, -0.2) is 0 Å². The number of rotatable bonds is 5. The fourth-order valence-corrected chi connectivity index (χ4v) is 3.05. The first kappa shape index (κ1) is 16.8. The summed E-state index contributed by atoms with van der Waals surface area (Å²) in [5, 5.41) is 3.00. The third-order valence-electron chi connectivity index (χ3n) is 4.64. The normalized spacial score (nSPS) is 22.9. The number of quaternary nitrogens is 2. The number of carbonyl (C=O) groups is 1. The molecule has 0 bridgehead atoms. The Kier molecular flexibility index (Phi) is 5.80. The van der Waals surface area contributed by atoms with E-state index < -0.39 is 0 Å². The summed E-state index contributed by atoms with van der Waals surface area (Å²) < 4.78 is 0. The zero-order chi connectivity index (χ0) is 16.1. The molecule has 1 aliphatic rings. The summed E-state index contributed by atoms with van der Waals surface area (Å²) in [6.45, 7) is 2.98. The third-order valence-corrected chi connectivity index (χ3v) is 4.64. The fourth-order valence-electron chi connectivity index (χ4n) is 3.05. The maximum Gasteiger partial charge on any atom is 0.279 e. The van der Waals surface area contributed by atoms with Gasteiger partial charge in [-0.05, 0) is 24.3 Å². The molecule has 5 heteroatoms. The Morgan fingerprint density at radius 2 is 1.86 bits per heavy atom. The molecule has 1 aliphatic heterocycles. The summed E-state index contributed by atoms with van der Waals surface area (Å²) in [6.07, 6.45) is 2.42. The van der Waals surface area contributed by atoms with Crippen LogP contribution in [-0.4, -0.2) is 59.8 Å². The number of anilines is 2. The lowest BCUT2D eigenvalue weighted by atomic mass is 10.0. The monoisotopic (exact) mass is 306 g/mol. The van der Waals surface area contributed by atoms with Crippen LogP contribution in [0, 0.1) is 0 Å². The fraction of sp³-hybridized carbons (Fsp3) is 0.588. The number of nitrogens with one attached hydrogen (secondary N) is 3. The van der Waals surface area contributed by atoms with Gasteiger partial charge >= 0.3 is 0 Å².